The van der Waals surface area contributed by atoms with Crippen molar-refractivity contribution in [3.63, 3.8) is 0 Å². The molecule has 0 aliphatic carbocycles. The van der Waals surface area contributed by atoms with E-state index in [2.05, 4.69) is 5.10 Å². The molecular weight excluding hydrogens is 240 g/mol. The van der Waals surface area contributed by atoms with Gasteiger partial charge < -0.3 is 4.74 Å². The monoisotopic (exact) mass is 258 g/mol. The molecule has 2 rings (SSSR count). The van der Waals surface area contributed by atoms with Gasteiger partial charge in [-0.05, 0) is 17.0 Å². The molecule has 2 aromatic rings. The second kappa shape index (κ2) is 6.18. The second-order valence-corrected chi connectivity index (χ2v) is 4.70. The minimum Gasteiger partial charge on any atom is -0.461 e. The van der Waals surface area contributed by atoms with Crippen LogP contribution in [-0.2, 0) is 23.2 Å². The molecule has 1 unspecified atom stereocenters. The van der Waals surface area contributed by atoms with Gasteiger partial charge in [0.2, 0.25) is 0 Å². The molecule has 0 aliphatic heterocycles. The average Bonchev–Trinajstić information content (AvgIpc) is 2.84. The highest BCUT2D eigenvalue weighted by Crippen LogP contribution is 2.18. The number of ether oxygens (including phenoxy) is 1. The molecule has 0 saturated heterocycles. The highest BCUT2D eigenvalue weighted by Gasteiger charge is 2.13. The first-order valence-corrected chi connectivity index (χ1v) is 6.33. The Morgan fingerprint density at radius 2 is 2.11 bits per heavy atom. The van der Waals surface area contributed by atoms with Gasteiger partial charge in [-0.1, -0.05) is 37.3 Å². The zero-order valence-corrected chi connectivity index (χ0v) is 11.2. The summed E-state index contributed by atoms with van der Waals surface area (Å²) < 4.78 is 7.00. The Hall–Kier alpha value is -2.10. The first kappa shape index (κ1) is 13.3. The van der Waals surface area contributed by atoms with Gasteiger partial charge in [0.15, 0.2) is 0 Å². The van der Waals surface area contributed by atoms with Crippen LogP contribution in [0.25, 0.3) is 0 Å². The van der Waals surface area contributed by atoms with E-state index >= 15 is 0 Å². The summed E-state index contributed by atoms with van der Waals surface area (Å²) in [5.41, 5.74) is 2.06. The Balaban J connectivity index is 1.81. The zero-order chi connectivity index (χ0) is 13.7. The van der Waals surface area contributed by atoms with E-state index in [4.69, 9.17) is 4.74 Å². The number of aromatic nitrogens is 2. The predicted molar refractivity (Wildman–Crippen MR) is 72.5 cm³/mol. The summed E-state index contributed by atoms with van der Waals surface area (Å²) >= 11 is 0. The van der Waals surface area contributed by atoms with Crippen molar-refractivity contribution in [2.75, 3.05) is 0 Å². The SMILES string of the molecule is CC(CC(=O)OCc1ccccc1)c1cnn(C)c1. The van der Waals surface area contributed by atoms with Crippen molar-refractivity contribution in [2.45, 2.75) is 25.9 Å². The van der Waals surface area contributed by atoms with E-state index < -0.39 is 0 Å². The van der Waals surface area contributed by atoms with Gasteiger partial charge >= 0.3 is 5.97 Å². The minimum atomic E-state index is -0.180. The topological polar surface area (TPSA) is 44.1 Å². The summed E-state index contributed by atoms with van der Waals surface area (Å²) in [7, 11) is 1.87. The smallest absolute Gasteiger partial charge is 0.306 e. The van der Waals surface area contributed by atoms with Gasteiger partial charge in [0.1, 0.15) is 6.61 Å². The van der Waals surface area contributed by atoms with Gasteiger partial charge in [0.25, 0.3) is 0 Å². The van der Waals surface area contributed by atoms with E-state index in [-0.39, 0.29) is 11.9 Å². The van der Waals surface area contributed by atoms with Crippen LogP contribution in [0, 0.1) is 0 Å². The summed E-state index contributed by atoms with van der Waals surface area (Å²) in [5, 5.41) is 4.10. The normalized spacial score (nSPS) is 12.1. The van der Waals surface area contributed by atoms with Crippen LogP contribution >= 0.6 is 0 Å². The number of hydrogen-bond donors (Lipinski definition) is 0. The molecule has 0 radical (unpaired) electrons. The van der Waals surface area contributed by atoms with Gasteiger partial charge in [-0.2, -0.15) is 5.10 Å². The molecule has 19 heavy (non-hydrogen) atoms. The molecule has 1 heterocycles. The summed E-state index contributed by atoms with van der Waals surface area (Å²) in [4.78, 5) is 11.8. The van der Waals surface area contributed by atoms with Gasteiger partial charge in [0.05, 0.1) is 12.6 Å². The molecule has 0 aliphatic rings. The Morgan fingerprint density at radius 1 is 1.37 bits per heavy atom. The number of nitrogens with zero attached hydrogens (tertiary/aromatic N) is 2. The van der Waals surface area contributed by atoms with Crippen LogP contribution in [0.3, 0.4) is 0 Å². The van der Waals surface area contributed by atoms with Crippen LogP contribution in [0.1, 0.15) is 30.4 Å². The van der Waals surface area contributed by atoms with Crippen LogP contribution in [0.15, 0.2) is 42.7 Å². The fourth-order valence-corrected chi connectivity index (χ4v) is 1.86. The largest absolute Gasteiger partial charge is 0.461 e. The fourth-order valence-electron chi connectivity index (χ4n) is 1.86. The number of esters is 1. The van der Waals surface area contributed by atoms with Crippen LogP contribution in [-0.4, -0.2) is 15.7 Å². The summed E-state index contributed by atoms with van der Waals surface area (Å²) in [6, 6.07) is 9.69. The first-order chi connectivity index (χ1) is 9.15. The maximum Gasteiger partial charge on any atom is 0.306 e. The fraction of sp³-hybridized carbons (Fsp3) is 0.333. The van der Waals surface area contributed by atoms with Crippen LogP contribution in [0.5, 0.6) is 0 Å². The van der Waals surface area contributed by atoms with Gasteiger partial charge in [0, 0.05) is 13.2 Å². The molecular formula is C15H18N2O2. The van der Waals surface area contributed by atoms with Gasteiger partial charge in [-0.15, -0.1) is 0 Å². The average molecular weight is 258 g/mol. The third-order valence-electron chi connectivity index (χ3n) is 3.01. The van der Waals surface area contributed by atoms with Gasteiger partial charge in [-0.3, -0.25) is 9.48 Å². The second-order valence-electron chi connectivity index (χ2n) is 4.70. The Labute approximate surface area is 113 Å². The summed E-state index contributed by atoms with van der Waals surface area (Å²) in [5.74, 6) is -0.0582. The number of aryl methyl sites for hydroxylation is 1. The van der Waals surface area contributed by atoms with E-state index in [1.807, 2.05) is 50.5 Å². The molecule has 0 amide bonds. The molecule has 4 heteroatoms. The molecule has 0 N–H and O–H groups in total. The molecule has 1 aromatic carbocycles. The quantitative estimate of drug-likeness (QED) is 0.774. The standard InChI is InChI=1S/C15H18N2O2/c1-12(14-9-16-17(2)10-14)8-15(18)19-11-13-6-4-3-5-7-13/h3-7,9-10,12H,8,11H2,1-2H3. The first-order valence-electron chi connectivity index (χ1n) is 6.33. The van der Waals surface area contributed by atoms with E-state index in [0.717, 1.165) is 11.1 Å². The van der Waals surface area contributed by atoms with Crippen LogP contribution in [0.2, 0.25) is 0 Å². The van der Waals surface area contributed by atoms with Gasteiger partial charge in [-0.25, -0.2) is 0 Å². The van der Waals surface area contributed by atoms with Crippen molar-refractivity contribution in [2.24, 2.45) is 7.05 Å². The molecule has 0 saturated carbocycles. The van der Waals surface area contributed by atoms with Crippen molar-refractivity contribution in [1.82, 2.24) is 9.78 Å². The van der Waals surface area contributed by atoms with Crippen molar-refractivity contribution >= 4 is 5.97 Å². The predicted octanol–water partition coefficient (Wildman–Crippen LogP) is 2.66. The van der Waals surface area contributed by atoms with Crippen molar-refractivity contribution in [3.05, 3.63) is 53.9 Å². The summed E-state index contributed by atoms with van der Waals surface area (Å²) in [6.07, 6.45) is 4.09. The lowest BCUT2D eigenvalue weighted by molar-refractivity contribution is -0.145. The Kier molecular flexibility index (Phi) is 4.34. The molecule has 1 atom stereocenters. The van der Waals surface area contributed by atoms with Crippen molar-refractivity contribution < 1.29 is 9.53 Å². The molecule has 0 bridgehead atoms. The van der Waals surface area contributed by atoms with E-state index in [9.17, 15) is 4.79 Å². The Morgan fingerprint density at radius 3 is 2.74 bits per heavy atom. The number of carbonyl (C=O) groups is 1. The van der Waals surface area contributed by atoms with Crippen LogP contribution in [0.4, 0.5) is 0 Å². The molecule has 0 fully saturated rings. The molecule has 1 aromatic heterocycles. The lowest BCUT2D eigenvalue weighted by Crippen LogP contribution is -2.08. The van der Waals surface area contributed by atoms with E-state index in [1.54, 1.807) is 10.9 Å². The van der Waals surface area contributed by atoms with Crippen molar-refractivity contribution in [1.29, 1.82) is 0 Å². The lowest BCUT2D eigenvalue weighted by Gasteiger charge is -2.09. The van der Waals surface area contributed by atoms with E-state index in [1.165, 1.54) is 0 Å². The minimum absolute atomic E-state index is 0.122. The lowest BCUT2D eigenvalue weighted by atomic mass is 10.0. The van der Waals surface area contributed by atoms with E-state index in [0.29, 0.717) is 13.0 Å². The summed E-state index contributed by atoms with van der Waals surface area (Å²) in [6.45, 7) is 2.33. The molecule has 4 nitrogen and oxygen atoms in total. The number of rotatable bonds is 5. The molecule has 0 spiro atoms. The van der Waals surface area contributed by atoms with Crippen LogP contribution < -0.4 is 0 Å². The number of hydrogen-bond acceptors (Lipinski definition) is 3. The highest BCUT2D eigenvalue weighted by atomic mass is 16.5. The highest BCUT2D eigenvalue weighted by molar-refractivity contribution is 5.70. The maximum atomic E-state index is 11.8. The Bertz CT molecular complexity index is 534. The van der Waals surface area contributed by atoms with Crippen molar-refractivity contribution in [3.8, 4) is 0 Å². The number of benzene rings is 1. The third-order valence-corrected chi connectivity index (χ3v) is 3.01. The maximum absolute atomic E-state index is 11.8. The number of carbonyl (C=O) groups excluding carboxylic acids is 1. The molecule has 100 valence electrons. The zero-order valence-electron chi connectivity index (χ0n) is 11.2. The third kappa shape index (κ3) is 3.95.